The zero-order chi connectivity index (χ0) is 19.8. The molecule has 2 rings (SSSR count). The molecule has 0 saturated carbocycles. The number of rotatable bonds is 1. The van der Waals surface area contributed by atoms with Crippen LogP contribution in [0.25, 0.3) is 0 Å². The molecule has 1 aromatic heterocycles. The first-order valence-corrected chi connectivity index (χ1v) is 6.66. The third kappa shape index (κ3) is 8.93. The number of aliphatic carboxylic acids is 2. The minimum absolute atomic E-state index is 0.535. The van der Waals surface area contributed by atoms with Crippen LogP contribution in [0.15, 0.2) is 0 Å². The lowest BCUT2D eigenvalue weighted by Crippen LogP contribution is -2.21. The molecule has 1 aliphatic carbocycles. The van der Waals surface area contributed by atoms with Crippen LogP contribution in [0.5, 0.6) is 0 Å². The maximum Gasteiger partial charge on any atom is 0.490 e. The lowest BCUT2D eigenvalue weighted by Gasteiger charge is -2.07. The summed E-state index contributed by atoms with van der Waals surface area (Å²) in [6.45, 7) is 0.535. The van der Waals surface area contributed by atoms with Gasteiger partial charge in [-0.2, -0.15) is 26.3 Å². The van der Waals surface area contributed by atoms with Gasteiger partial charge in [0.1, 0.15) is 5.82 Å². The molecule has 1 aromatic rings. The zero-order valence-corrected chi connectivity index (χ0v) is 12.5. The summed E-state index contributed by atoms with van der Waals surface area (Å²) >= 11 is 0. The fourth-order valence-corrected chi connectivity index (χ4v) is 1.61. The van der Waals surface area contributed by atoms with E-state index in [0.29, 0.717) is 6.54 Å². The second-order valence-electron chi connectivity index (χ2n) is 4.63. The summed E-state index contributed by atoms with van der Waals surface area (Å²) in [5, 5.41) is 14.2. The molecule has 0 amide bonds. The van der Waals surface area contributed by atoms with E-state index in [1.807, 2.05) is 0 Å². The number of carbonyl (C=O) groups is 2. The number of nitrogens with two attached hydrogens (primary N) is 1. The van der Waals surface area contributed by atoms with Gasteiger partial charge in [-0.25, -0.2) is 14.6 Å². The number of halogens is 6. The first-order valence-electron chi connectivity index (χ1n) is 6.66. The SMILES string of the molecule is NCc1nc2c([nH]1)CCCC2.O=C(O)C(F)(F)F.O=C(O)C(F)(F)F. The summed E-state index contributed by atoms with van der Waals surface area (Å²) in [6, 6.07) is 0. The summed E-state index contributed by atoms with van der Waals surface area (Å²) < 4.78 is 63.5. The molecule has 13 heteroatoms. The highest BCUT2D eigenvalue weighted by atomic mass is 19.4. The number of aryl methyl sites for hydroxylation is 2. The number of fused-ring (bicyclic) bond motifs is 1. The number of carboxylic acid groups (broad SMARTS) is 2. The predicted octanol–water partition coefficient (Wildman–Crippen LogP) is 2.01. The van der Waals surface area contributed by atoms with Gasteiger partial charge in [0, 0.05) is 5.69 Å². The molecule has 0 spiro atoms. The Labute approximate surface area is 136 Å². The Hall–Kier alpha value is -2.31. The van der Waals surface area contributed by atoms with Crippen LogP contribution in [0.3, 0.4) is 0 Å². The summed E-state index contributed by atoms with van der Waals surface area (Å²) in [5.41, 5.74) is 8.03. The fourth-order valence-electron chi connectivity index (χ4n) is 1.61. The van der Waals surface area contributed by atoms with Gasteiger partial charge in [0.05, 0.1) is 12.2 Å². The molecule has 1 aliphatic rings. The van der Waals surface area contributed by atoms with E-state index in [9.17, 15) is 26.3 Å². The summed E-state index contributed by atoms with van der Waals surface area (Å²) in [6.07, 6.45) is -5.31. The minimum Gasteiger partial charge on any atom is -0.475 e. The van der Waals surface area contributed by atoms with Crippen molar-refractivity contribution in [1.29, 1.82) is 0 Å². The van der Waals surface area contributed by atoms with Gasteiger partial charge in [-0.1, -0.05) is 0 Å². The van der Waals surface area contributed by atoms with E-state index in [0.717, 1.165) is 18.7 Å². The van der Waals surface area contributed by atoms with Crippen LogP contribution in [0, 0.1) is 0 Å². The summed E-state index contributed by atoms with van der Waals surface area (Å²) in [4.78, 5) is 25.4. The molecular weight excluding hydrogens is 364 g/mol. The number of hydrogen-bond acceptors (Lipinski definition) is 4. The highest BCUT2D eigenvalue weighted by molar-refractivity contribution is 5.73. The summed E-state index contributed by atoms with van der Waals surface area (Å²) in [5.74, 6) is -4.57. The largest absolute Gasteiger partial charge is 0.490 e. The Morgan fingerprint density at radius 1 is 1.00 bits per heavy atom. The molecule has 144 valence electrons. The van der Waals surface area contributed by atoms with Crippen molar-refractivity contribution in [3.63, 3.8) is 0 Å². The molecule has 0 radical (unpaired) electrons. The number of alkyl halides is 6. The lowest BCUT2D eigenvalue weighted by atomic mass is 10.0. The Balaban J connectivity index is 0.000000366. The standard InChI is InChI=1S/C8H13N3.2C2HF3O2/c9-5-8-10-6-3-1-2-4-7(6)11-8;2*3-2(4,5)1(6)7/h1-5,9H2,(H,10,11);2*(H,6,7). The number of hydrogen-bond donors (Lipinski definition) is 4. The number of nitrogens with one attached hydrogen (secondary N) is 1. The second kappa shape index (κ2) is 9.25. The maximum absolute atomic E-state index is 10.6. The fraction of sp³-hybridized carbons (Fsp3) is 0.583. The Bertz CT molecular complexity index is 535. The molecule has 0 unspecified atom stereocenters. The molecule has 7 nitrogen and oxygen atoms in total. The number of aromatic nitrogens is 2. The van der Waals surface area contributed by atoms with Crippen molar-refractivity contribution in [3.05, 3.63) is 17.2 Å². The number of aromatic amines is 1. The highest BCUT2D eigenvalue weighted by Crippen LogP contribution is 2.18. The Morgan fingerprint density at radius 2 is 1.40 bits per heavy atom. The van der Waals surface area contributed by atoms with E-state index in [-0.39, 0.29) is 0 Å². The molecule has 0 fully saturated rings. The van der Waals surface area contributed by atoms with Crippen molar-refractivity contribution in [2.75, 3.05) is 0 Å². The van der Waals surface area contributed by atoms with Crippen LogP contribution >= 0.6 is 0 Å². The molecule has 0 bridgehead atoms. The molecule has 25 heavy (non-hydrogen) atoms. The van der Waals surface area contributed by atoms with Crippen molar-refractivity contribution in [3.8, 4) is 0 Å². The van der Waals surface area contributed by atoms with Crippen LogP contribution < -0.4 is 5.73 Å². The number of imidazole rings is 1. The molecule has 0 atom stereocenters. The van der Waals surface area contributed by atoms with Crippen LogP contribution in [-0.4, -0.2) is 44.5 Å². The Kier molecular flexibility index (Phi) is 8.39. The van der Waals surface area contributed by atoms with E-state index in [1.54, 1.807) is 0 Å². The van der Waals surface area contributed by atoms with Crippen molar-refractivity contribution >= 4 is 11.9 Å². The predicted molar refractivity (Wildman–Crippen MR) is 70.5 cm³/mol. The van der Waals surface area contributed by atoms with Gasteiger partial charge in [0.15, 0.2) is 0 Å². The van der Waals surface area contributed by atoms with E-state index in [1.165, 1.54) is 24.2 Å². The number of nitrogens with zero attached hydrogens (tertiary/aromatic N) is 1. The highest BCUT2D eigenvalue weighted by Gasteiger charge is 2.38. The first kappa shape index (κ1) is 22.7. The van der Waals surface area contributed by atoms with Gasteiger partial charge in [0.25, 0.3) is 0 Å². The van der Waals surface area contributed by atoms with Gasteiger partial charge in [0.2, 0.25) is 0 Å². The van der Waals surface area contributed by atoms with E-state index < -0.39 is 24.3 Å². The van der Waals surface area contributed by atoms with Crippen LogP contribution in [0.2, 0.25) is 0 Å². The van der Waals surface area contributed by atoms with E-state index in [4.69, 9.17) is 25.5 Å². The van der Waals surface area contributed by atoms with Crippen LogP contribution in [0.4, 0.5) is 26.3 Å². The van der Waals surface area contributed by atoms with E-state index >= 15 is 0 Å². The van der Waals surface area contributed by atoms with Crippen molar-refractivity contribution in [1.82, 2.24) is 9.97 Å². The third-order valence-corrected chi connectivity index (χ3v) is 2.68. The molecule has 5 N–H and O–H groups in total. The molecule has 0 saturated heterocycles. The average molecular weight is 379 g/mol. The second-order valence-corrected chi connectivity index (χ2v) is 4.63. The smallest absolute Gasteiger partial charge is 0.475 e. The van der Waals surface area contributed by atoms with Gasteiger partial charge in [-0.3, -0.25) is 0 Å². The minimum atomic E-state index is -5.08. The molecule has 0 aromatic carbocycles. The molecule has 0 aliphatic heterocycles. The molecular formula is C12H15F6N3O4. The quantitative estimate of drug-likeness (QED) is 0.553. The van der Waals surface area contributed by atoms with Crippen LogP contribution in [0.1, 0.15) is 30.1 Å². The number of H-pyrrole nitrogens is 1. The monoisotopic (exact) mass is 379 g/mol. The van der Waals surface area contributed by atoms with Crippen molar-refractivity contribution in [2.24, 2.45) is 5.73 Å². The normalized spacial score (nSPS) is 13.6. The van der Waals surface area contributed by atoms with Gasteiger partial charge in [-0.15, -0.1) is 0 Å². The average Bonchev–Trinajstić information content (AvgIpc) is 2.89. The summed E-state index contributed by atoms with van der Waals surface area (Å²) in [7, 11) is 0. The van der Waals surface area contributed by atoms with E-state index in [2.05, 4.69) is 9.97 Å². The van der Waals surface area contributed by atoms with Crippen LogP contribution in [-0.2, 0) is 29.0 Å². The molecule has 1 heterocycles. The van der Waals surface area contributed by atoms with Crippen molar-refractivity contribution < 1.29 is 46.1 Å². The van der Waals surface area contributed by atoms with Gasteiger partial charge in [-0.05, 0) is 25.7 Å². The Morgan fingerprint density at radius 3 is 1.72 bits per heavy atom. The maximum atomic E-state index is 10.6. The topological polar surface area (TPSA) is 129 Å². The van der Waals surface area contributed by atoms with Crippen molar-refractivity contribution in [2.45, 2.75) is 44.6 Å². The first-order chi connectivity index (χ1) is 11.3. The lowest BCUT2D eigenvalue weighted by molar-refractivity contribution is -0.193. The van der Waals surface area contributed by atoms with Gasteiger partial charge < -0.3 is 20.9 Å². The zero-order valence-electron chi connectivity index (χ0n) is 12.5. The van der Waals surface area contributed by atoms with Gasteiger partial charge >= 0.3 is 24.3 Å². The third-order valence-electron chi connectivity index (χ3n) is 2.68. The number of carboxylic acids is 2.